The molecule has 1 aromatic heterocycles. The molecule has 2 heterocycles. The van der Waals surface area contributed by atoms with E-state index in [4.69, 9.17) is 0 Å². The van der Waals surface area contributed by atoms with Crippen molar-refractivity contribution < 1.29 is 0 Å². The Hall–Kier alpha value is -0.640. The van der Waals surface area contributed by atoms with Crippen LogP contribution in [-0.2, 0) is 5.33 Å². The summed E-state index contributed by atoms with van der Waals surface area (Å²) in [6, 6.07) is 0. The first-order valence-corrected chi connectivity index (χ1v) is 7.35. The molecule has 0 saturated carbocycles. The van der Waals surface area contributed by atoms with Crippen molar-refractivity contribution in [1.82, 2.24) is 9.97 Å². The Morgan fingerprint density at radius 2 is 1.94 bits per heavy atom. The van der Waals surface area contributed by atoms with Crippen molar-refractivity contribution >= 4 is 21.9 Å². The molecule has 94 valence electrons. The Labute approximate surface area is 112 Å². The van der Waals surface area contributed by atoms with Crippen LogP contribution in [0.5, 0.6) is 0 Å². The number of rotatable bonds is 2. The summed E-state index contributed by atoms with van der Waals surface area (Å²) < 4.78 is 0. The first kappa shape index (κ1) is 12.8. The zero-order valence-electron chi connectivity index (χ0n) is 10.6. The molecule has 1 fully saturated rings. The molecule has 0 aromatic carbocycles. The molecule has 3 nitrogen and oxygen atoms in total. The summed E-state index contributed by atoms with van der Waals surface area (Å²) in [7, 11) is 0. The lowest BCUT2D eigenvalue weighted by Gasteiger charge is -2.23. The van der Waals surface area contributed by atoms with Crippen molar-refractivity contribution in [3.05, 3.63) is 18.0 Å². The van der Waals surface area contributed by atoms with Gasteiger partial charge in [0.2, 0.25) is 5.95 Å². The van der Waals surface area contributed by atoms with Gasteiger partial charge in [0.15, 0.2) is 0 Å². The fourth-order valence-electron chi connectivity index (χ4n) is 2.20. The predicted octanol–water partition coefficient (Wildman–Crippen LogP) is 3.39. The molecule has 1 aliphatic heterocycles. The summed E-state index contributed by atoms with van der Waals surface area (Å²) >= 11 is 3.41. The minimum atomic E-state index is 0.463. The van der Waals surface area contributed by atoms with Crippen molar-refractivity contribution in [2.75, 3.05) is 18.0 Å². The van der Waals surface area contributed by atoms with Gasteiger partial charge in [0.1, 0.15) is 0 Å². The van der Waals surface area contributed by atoms with Crippen LogP contribution in [0.15, 0.2) is 12.4 Å². The zero-order chi connectivity index (χ0) is 12.3. The van der Waals surface area contributed by atoms with Crippen molar-refractivity contribution in [3.8, 4) is 0 Å². The van der Waals surface area contributed by atoms with Gasteiger partial charge in [-0.25, -0.2) is 9.97 Å². The van der Waals surface area contributed by atoms with E-state index in [0.29, 0.717) is 5.41 Å². The summed E-state index contributed by atoms with van der Waals surface area (Å²) in [6.45, 7) is 6.86. The van der Waals surface area contributed by atoms with Crippen molar-refractivity contribution in [2.45, 2.75) is 38.4 Å². The van der Waals surface area contributed by atoms with Gasteiger partial charge in [0.05, 0.1) is 0 Å². The van der Waals surface area contributed by atoms with E-state index in [0.717, 1.165) is 29.9 Å². The zero-order valence-corrected chi connectivity index (χ0v) is 12.2. The smallest absolute Gasteiger partial charge is 0.225 e. The van der Waals surface area contributed by atoms with Gasteiger partial charge in [-0.05, 0) is 30.2 Å². The molecule has 1 aromatic rings. The fraction of sp³-hybridized carbons (Fsp3) is 0.692. The third kappa shape index (κ3) is 3.41. The molecular weight excluding hydrogens is 278 g/mol. The summed E-state index contributed by atoms with van der Waals surface area (Å²) in [5.74, 6) is 0.882. The topological polar surface area (TPSA) is 29.0 Å². The lowest BCUT2D eigenvalue weighted by atomic mass is 9.85. The Balaban J connectivity index is 2.06. The van der Waals surface area contributed by atoms with Gasteiger partial charge in [-0.3, -0.25) is 0 Å². The van der Waals surface area contributed by atoms with Gasteiger partial charge in [-0.1, -0.05) is 29.8 Å². The number of hydrogen-bond acceptors (Lipinski definition) is 3. The minimum absolute atomic E-state index is 0.463. The molecule has 0 atom stereocenters. The van der Waals surface area contributed by atoms with E-state index in [1.807, 2.05) is 12.4 Å². The predicted molar refractivity (Wildman–Crippen MR) is 74.5 cm³/mol. The highest BCUT2D eigenvalue weighted by Crippen LogP contribution is 2.30. The second kappa shape index (κ2) is 5.34. The summed E-state index contributed by atoms with van der Waals surface area (Å²) in [4.78, 5) is 11.2. The van der Waals surface area contributed by atoms with E-state index in [1.54, 1.807) is 0 Å². The van der Waals surface area contributed by atoms with Crippen LogP contribution < -0.4 is 4.90 Å². The monoisotopic (exact) mass is 297 g/mol. The molecule has 1 aliphatic rings. The maximum atomic E-state index is 4.45. The van der Waals surface area contributed by atoms with E-state index in [9.17, 15) is 0 Å². The molecular formula is C13H20BrN3. The molecule has 0 spiro atoms. The van der Waals surface area contributed by atoms with Gasteiger partial charge in [0.25, 0.3) is 0 Å². The van der Waals surface area contributed by atoms with Crippen molar-refractivity contribution in [1.29, 1.82) is 0 Å². The highest BCUT2D eigenvalue weighted by atomic mass is 79.9. The van der Waals surface area contributed by atoms with Crippen molar-refractivity contribution in [3.63, 3.8) is 0 Å². The Morgan fingerprint density at radius 3 is 2.59 bits per heavy atom. The normalized spacial score (nSPS) is 20.1. The molecule has 0 amide bonds. The first-order chi connectivity index (χ1) is 8.11. The first-order valence-electron chi connectivity index (χ1n) is 6.22. The molecule has 0 unspecified atom stereocenters. The maximum Gasteiger partial charge on any atom is 0.225 e. The Kier molecular flexibility index (Phi) is 4.02. The SMILES string of the molecule is CC1(C)CCCN(c2ncc(CBr)cn2)CC1. The van der Waals surface area contributed by atoms with Crippen LogP contribution >= 0.6 is 15.9 Å². The number of hydrogen-bond donors (Lipinski definition) is 0. The van der Waals surface area contributed by atoms with E-state index >= 15 is 0 Å². The van der Waals surface area contributed by atoms with Gasteiger partial charge >= 0.3 is 0 Å². The third-order valence-electron chi connectivity index (χ3n) is 3.47. The summed E-state index contributed by atoms with van der Waals surface area (Å²) in [5, 5.41) is 0.820. The van der Waals surface area contributed by atoms with E-state index in [-0.39, 0.29) is 0 Å². The second-order valence-electron chi connectivity index (χ2n) is 5.53. The largest absolute Gasteiger partial charge is 0.341 e. The molecule has 0 radical (unpaired) electrons. The standard InChI is InChI=1S/C13H20BrN3/c1-13(2)4-3-6-17(7-5-13)12-15-9-11(8-14)10-16-12/h9-10H,3-8H2,1-2H3. The van der Waals surface area contributed by atoms with Crippen molar-refractivity contribution in [2.24, 2.45) is 5.41 Å². The summed E-state index contributed by atoms with van der Waals surface area (Å²) in [6.07, 6.45) is 7.57. The van der Waals surface area contributed by atoms with Gasteiger partial charge < -0.3 is 4.90 Å². The number of anilines is 1. The number of nitrogens with zero attached hydrogens (tertiary/aromatic N) is 3. The van der Waals surface area contributed by atoms with Crippen LogP contribution in [0.25, 0.3) is 0 Å². The molecule has 17 heavy (non-hydrogen) atoms. The third-order valence-corrected chi connectivity index (χ3v) is 4.12. The quantitative estimate of drug-likeness (QED) is 0.784. The lowest BCUT2D eigenvalue weighted by molar-refractivity contribution is 0.325. The van der Waals surface area contributed by atoms with Gasteiger partial charge in [-0.2, -0.15) is 0 Å². The number of halogens is 1. The average Bonchev–Trinajstić information content (AvgIpc) is 2.50. The molecule has 2 rings (SSSR count). The molecule has 0 aliphatic carbocycles. The van der Waals surface area contributed by atoms with Crippen LogP contribution in [0.1, 0.15) is 38.7 Å². The molecule has 0 bridgehead atoms. The van der Waals surface area contributed by atoms with Gasteiger partial charge in [0, 0.05) is 30.8 Å². The highest BCUT2D eigenvalue weighted by Gasteiger charge is 2.23. The lowest BCUT2D eigenvalue weighted by Crippen LogP contribution is -2.26. The van der Waals surface area contributed by atoms with Gasteiger partial charge in [-0.15, -0.1) is 0 Å². The average molecular weight is 298 g/mol. The molecule has 0 N–H and O–H groups in total. The minimum Gasteiger partial charge on any atom is -0.341 e. The van der Waals surface area contributed by atoms with E-state index in [2.05, 4.69) is 44.6 Å². The van der Waals surface area contributed by atoms with Crippen LogP contribution in [0.3, 0.4) is 0 Å². The van der Waals surface area contributed by atoms with Crippen LogP contribution in [0, 0.1) is 5.41 Å². The Morgan fingerprint density at radius 1 is 1.24 bits per heavy atom. The van der Waals surface area contributed by atoms with Crippen LogP contribution in [-0.4, -0.2) is 23.1 Å². The maximum absolute atomic E-state index is 4.45. The molecule has 4 heteroatoms. The number of aromatic nitrogens is 2. The van der Waals surface area contributed by atoms with E-state index in [1.165, 1.54) is 19.3 Å². The van der Waals surface area contributed by atoms with Crippen LogP contribution in [0.4, 0.5) is 5.95 Å². The fourth-order valence-corrected chi connectivity index (χ4v) is 2.49. The van der Waals surface area contributed by atoms with E-state index < -0.39 is 0 Å². The highest BCUT2D eigenvalue weighted by molar-refractivity contribution is 9.08. The second-order valence-corrected chi connectivity index (χ2v) is 6.09. The molecule has 1 saturated heterocycles. The Bertz CT molecular complexity index is 361. The van der Waals surface area contributed by atoms with Crippen LogP contribution in [0.2, 0.25) is 0 Å². The summed E-state index contributed by atoms with van der Waals surface area (Å²) in [5.41, 5.74) is 1.59. The number of alkyl halides is 1.